The number of benzene rings is 1. The monoisotopic (exact) mass is 262 g/mol. The SMILES string of the molecule is CCC(OC)C(O)Cc1nn(CC)c2ccccc12. The first-order valence-electron chi connectivity index (χ1n) is 6.86. The molecule has 0 saturated carbocycles. The summed E-state index contributed by atoms with van der Waals surface area (Å²) in [6.45, 7) is 4.92. The van der Waals surface area contributed by atoms with Crippen molar-refractivity contribution in [1.29, 1.82) is 0 Å². The summed E-state index contributed by atoms with van der Waals surface area (Å²) in [5.41, 5.74) is 2.07. The summed E-state index contributed by atoms with van der Waals surface area (Å²) in [7, 11) is 1.64. The Balaban J connectivity index is 2.30. The van der Waals surface area contributed by atoms with Gasteiger partial charge in [-0.3, -0.25) is 4.68 Å². The van der Waals surface area contributed by atoms with Crippen molar-refractivity contribution in [3.8, 4) is 0 Å². The van der Waals surface area contributed by atoms with Crippen LogP contribution in [0.3, 0.4) is 0 Å². The van der Waals surface area contributed by atoms with Crippen molar-refractivity contribution in [3.63, 3.8) is 0 Å². The van der Waals surface area contributed by atoms with E-state index in [4.69, 9.17) is 4.74 Å². The highest BCUT2D eigenvalue weighted by Gasteiger charge is 2.20. The maximum atomic E-state index is 10.2. The van der Waals surface area contributed by atoms with Gasteiger partial charge in [-0.1, -0.05) is 25.1 Å². The molecule has 104 valence electrons. The normalized spacial score (nSPS) is 14.7. The fourth-order valence-corrected chi connectivity index (χ4v) is 2.51. The Bertz CT molecular complexity index is 532. The van der Waals surface area contributed by atoms with Crippen molar-refractivity contribution in [1.82, 2.24) is 9.78 Å². The quantitative estimate of drug-likeness (QED) is 0.869. The Morgan fingerprint density at radius 2 is 2.05 bits per heavy atom. The summed E-state index contributed by atoms with van der Waals surface area (Å²) >= 11 is 0. The number of ether oxygens (including phenoxy) is 1. The molecular formula is C15H22N2O2. The van der Waals surface area contributed by atoms with E-state index in [1.165, 1.54) is 0 Å². The molecule has 2 aromatic rings. The minimum atomic E-state index is -0.515. The predicted octanol–water partition coefficient (Wildman–Crippen LogP) is 2.38. The van der Waals surface area contributed by atoms with E-state index in [0.29, 0.717) is 6.42 Å². The van der Waals surface area contributed by atoms with Gasteiger partial charge in [0.1, 0.15) is 0 Å². The molecule has 1 N–H and O–H groups in total. The van der Waals surface area contributed by atoms with Gasteiger partial charge in [0.05, 0.1) is 23.4 Å². The number of aliphatic hydroxyl groups excluding tert-OH is 1. The molecule has 2 unspecified atom stereocenters. The maximum Gasteiger partial charge on any atom is 0.0857 e. The summed E-state index contributed by atoms with van der Waals surface area (Å²) in [6.07, 6.45) is 0.674. The second-order valence-electron chi connectivity index (χ2n) is 4.73. The summed E-state index contributed by atoms with van der Waals surface area (Å²) < 4.78 is 7.27. The highest BCUT2D eigenvalue weighted by Crippen LogP contribution is 2.21. The smallest absolute Gasteiger partial charge is 0.0857 e. The van der Waals surface area contributed by atoms with Crippen molar-refractivity contribution >= 4 is 10.9 Å². The van der Waals surface area contributed by atoms with E-state index in [1.54, 1.807) is 7.11 Å². The van der Waals surface area contributed by atoms with Gasteiger partial charge in [0.25, 0.3) is 0 Å². The van der Waals surface area contributed by atoms with E-state index < -0.39 is 6.10 Å². The molecule has 0 aliphatic heterocycles. The molecule has 1 aromatic carbocycles. The topological polar surface area (TPSA) is 47.3 Å². The molecule has 0 amide bonds. The molecule has 0 radical (unpaired) electrons. The van der Waals surface area contributed by atoms with Crippen LogP contribution in [0.2, 0.25) is 0 Å². The Morgan fingerprint density at radius 1 is 1.32 bits per heavy atom. The fourth-order valence-electron chi connectivity index (χ4n) is 2.51. The number of methoxy groups -OCH3 is 1. The lowest BCUT2D eigenvalue weighted by Crippen LogP contribution is -2.29. The van der Waals surface area contributed by atoms with Crippen LogP contribution >= 0.6 is 0 Å². The van der Waals surface area contributed by atoms with Gasteiger partial charge < -0.3 is 9.84 Å². The minimum Gasteiger partial charge on any atom is -0.390 e. The van der Waals surface area contributed by atoms with Crippen LogP contribution in [0.4, 0.5) is 0 Å². The number of nitrogens with zero attached hydrogens (tertiary/aromatic N) is 2. The van der Waals surface area contributed by atoms with Gasteiger partial charge in [0, 0.05) is 25.5 Å². The molecule has 0 aliphatic rings. The lowest BCUT2D eigenvalue weighted by Gasteiger charge is -2.19. The fraction of sp³-hybridized carbons (Fsp3) is 0.533. The van der Waals surface area contributed by atoms with Gasteiger partial charge in [0.15, 0.2) is 0 Å². The number of hydrogen-bond acceptors (Lipinski definition) is 3. The first-order valence-corrected chi connectivity index (χ1v) is 6.86. The standard InChI is InChI=1S/C15H22N2O2/c1-4-15(19-3)14(18)10-12-11-8-6-7-9-13(11)17(5-2)16-12/h6-9,14-15,18H,4-5,10H2,1-3H3. The molecule has 2 atom stereocenters. The Kier molecular flexibility index (Phi) is 4.56. The van der Waals surface area contributed by atoms with Crippen molar-refractivity contribution in [2.75, 3.05) is 7.11 Å². The molecule has 2 rings (SSSR count). The van der Waals surface area contributed by atoms with Crippen LogP contribution in [0.1, 0.15) is 26.0 Å². The Labute approximate surface area is 114 Å². The highest BCUT2D eigenvalue weighted by atomic mass is 16.5. The second-order valence-corrected chi connectivity index (χ2v) is 4.73. The van der Waals surface area contributed by atoms with E-state index >= 15 is 0 Å². The molecule has 0 spiro atoms. The van der Waals surface area contributed by atoms with E-state index in [0.717, 1.165) is 29.6 Å². The molecular weight excluding hydrogens is 240 g/mol. The number of aryl methyl sites for hydroxylation is 1. The molecule has 1 aromatic heterocycles. The average Bonchev–Trinajstić information content (AvgIpc) is 2.78. The lowest BCUT2D eigenvalue weighted by molar-refractivity contribution is -0.0131. The number of hydrogen-bond donors (Lipinski definition) is 1. The Morgan fingerprint density at radius 3 is 2.68 bits per heavy atom. The third-order valence-electron chi connectivity index (χ3n) is 3.57. The number of aliphatic hydroxyl groups is 1. The number of fused-ring (bicyclic) bond motifs is 1. The second kappa shape index (κ2) is 6.17. The van der Waals surface area contributed by atoms with Crippen molar-refractivity contribution < 1.29 is 9.84 Å². The van der Waals surface area contributed by atoms with Gasteiger partial charge in [-0.05, 0) is 19.4 Å². The van der Waals surface area contributed by atoms with Crippen LogP contribution in [0.25, 0.3) is 10.9 Å². The molecule has 0 fully saturated rings. The van der Waals surface area contributed by atoms with Crippen LogP contribution in [0.15, 0.2) is 24.3 Å². The first kappa shape index (κ1) is 14.0. The summed E-state index contributed by atoms with van der Waals surface area (Å²) in [6, 6.07) is 8.15. The first-order chi connectivity index (χ1) is 9.21. The largest absolute Gasteiger partial charge is 0.390 e. The van der Waals surface area contributed by atoms with Crippen LogP contribution in [0.5, 0.6) is 0 Å². The summed E-state index contributed by atoms with van der Waals surface area (Å²) in [5, 5.41) is 15.9. The number of rotatable bonds is 6. The van der Waals surface area contributed by atoms with E-state index in [-0.39, 0.29) is 6.10 Å². The minimum absolute atomic E-state index is 0.134. The van der Waals surface area contributed by atoms with Crippen LogP contribution in [-0.2, 0) is 17.7 Å². The average molecular weight is 262 g/mol. The maximum absolute atomic E-state index is 10.2. The highest BCUT2D eigenvalue weighted by molar-refractivity contribution is 5.82. The summed E-state index contributed by atoms with van der Waals surface area (Å²) in [4.78, 5) is 0. The van der Waals surface area contributed by atoms with E-state index in [9.17, 15) is 5.11 Å². The molecule has 19 heavy (non-hydrogen) atoms. The third-order valence-corrected chi connectivity index (χ3v) is 3.57. The van der Waals surface area contributed by atoms with Crippen LogP contribution in [-0.4, -0.2) is 34.2 Å². The van der Waals surface area contributed by atoms with E-state index in [1.807, 2.05) is 23.7 Å². The van der Waals surface area contributed by atoms with Crippen molar-refractivity contribution in [2.24, 2.45) is 0 Å². The van der Waals surface area contributed by atoms with Crippen molar-refractivity contribution in [3.05, 3.63) is 30.0 Å². The molecule has 1 heterocycles. The van der Waals surface area contributed by atoms with E-state index in [2.05, 4.69) is 24.2 Å². The van der Waals surface area contributed by atoms with Crippen LogP contribution < -0.4 is 0 Å². The van der Waals surface area contributed by atoms with Gasteiger partial charge in [-0.15, -0.1) is 0 Å². The van der Waals surface area contributed by atoms with Crippen LogP contribution in [0, 0.1) is 0 Å². The van der Waals surface area contributed by atoms with Gasteiger partial charge in [-0.2, -0.15) is 5.10 Å². The Hall–Kier alpha value is -1.39. The molecule has 4 nitrogen and oxygen atoms in total. The molecule has 0 saturated heterocycles. The number of aromatic nitrogens is 2. The zero-order chi connectivity index (χ0) is 13.8. The zero-order valence-corrected chi connectivity index (χ0v) is 11.8. The van der Waals surface area contributed by atoms with Gasteiger partial charge in [0.2, 0.25) is 0 Å². The zero-order valence-electron chi connectivity index (χ0n) is 11.8. The van der Waals surface area contributed by atoms with Gasteiger partial charge >= 0.3 is 0 Å². The summed E-state index contributed by atoms with van der Waals surface area (Å²) in [5.74, 6) is 0. The number of para-hydroxylation sites is 1. The van der Waals surface area contributed by atoms with Gasteiger partial charge in [-0.25, -0.2) is 0 Å². The molecule has 0 aliphatic carbocycles. The van der Waals surface area contributed by atoms with Crippen molar-refractivity contribution in [2.45, 2.75) is 45.4 Å². The third kappa shape index (κ3) is 2.80. The molecule has 4 heteroatoms. The lowest BCUT2D eigenvalue weighted by atomic mass is 10.0. The molecule has 0 bridgehead atoms. The predicted molar refractivity (Wildman–Crippen MR) is 76.2 cm³/mol.